The molecule has 2 N–H and O–H groups in total. The van der Waals surface area contributed by atoms with Crippen LogP contribution in [0.4, 0.5) is 0 Å². The molecule has 116 valence electrons. The molecule has 21 heavy (non-hydrogen) atoms. The predicted molar refractivity (Wildman–Crippen MR) is 90.6 cm³/mol. The Morgan fingerprint density at radius 3 is 2.67 bits per heavy atom. The van der Waals surface area contributed by atoms with Crippen LogP contribution in [-0.2, 0) is 10.0 Å². The van der Waals surface area contributed by atoms with E-state index < -0.39 is 10.0 Å². The largest absolute Gasteiger partial charge is 0.396 e. The third kappa shape index (κ3) is 4.87. The lowest BCUT2D eigenvalue weighted by Crippen LogP contribution is -2.25. The molecule has 8 heteroatoms. The van der Waals surface area contributed by atoms with Crippen LogP contribution in [0.1, 0.15) is 23.6 Å². The van der Waals surface area contributed by atoms with Crippen LogP contribution >= 0.6 is 38.6 Å². The number of aliphatic hydroxyl groups excluding tert-OH is 1. The topological polar surface area (TPSA) is 66.4 Å². The second kappa shape index (κ2) is 7.85. The molecular weight excluding hydrogens is 394 g/mol. The Morgan fingerprint density at radius 1 is 1.29 bits per heavy atom. The summed E-state index contributed by atoms with van der Waals surface area (Å²) in [5, 5.41) is 11.1. The molecular formula is C13H16BrNO3S3. The van der Waals surface area contributed by atoms with Crippen molar-refractivity contribution in [3.8, 4) is 0 Å². The maximum atomic E-state index is 12.1. The van der Waals surface area contributed by atoms with Gasteiger partial charge in [-0.2, -0.15) is 0 Å². The molecule has 2 heterocycles. The summed E-state index contributed by atoms with van der Waals surface area (Å²) in [5.41, 5.74) is 0. The minimum atomic E-state index is -3.44. The lowest BCUT2D eigenvalue weighted by atomic mass is 10.0. The summed E-state index contributed by atoms with van der Waals surface area (Å²) < 4.78 is 27.9. The zero-order chi connectivity index (χ0) is 15.3. The Labute approximate surface area is 141 Å². The third-order valence-corrected chi connectivity index (χ3v) is 7.63. The Hall–Kier alpha value is -0.250. The number of nitrogens with one attached hydrogen (secondary N) is 1. The average Bonchev–Trinajstić information content (AvgIpc) is 3.08. The minimum absolute atomic E-state index is 0.104. The maximum absolute atomic E-state index is 12.1. The summed E-state index contributed by atoms with van der Waals surface area (Å²) in [7, 11) is -3.44. The Morgan fingerprint density at radius 2 is 2.10 bits per heavy atom. The maximum Gasteiger partial charge on any atom is 0.250 e. The predicted octanol–water partition coefficient (Wildman–Crippen LogP) is 3.41. The number of aliphatic hydroxyl groups is 1. The quantitative estimate of drug-likeness (QED) is 0.701. The van der Waals surface area contributed by atoms with Gasteiger partial charge in [0.2, 0.25) is 10.0 Å². The van der Waals surface area contributed by atoms with Crippen LogP contribution in [0.5, 0.6) is 0 Å². The van der Waals surface area contributed by atoms with Crippen molar-refractivity contribution in [2.75, 3.05) is 13.2 Å². The Balaban J connectivity index is 1.93. The van der Waals surface area contributed by atoms with Crippen LogP contribution in [0, 0.1) is 0 Å². The normalized spacial score (nSPS) is 13.4. The molecule has 0 saturated heterocycles. The molecule has 0 fully saturated rings. The van der Waals surface area contributed by atoms with Crippen molar-refractivity contribution < 1.29 is 13.5 Å². The van der Waals surface area contributed by atoms with E-state index >= 15 is 0 Å². The van der Waals surface area contributed by atoms with E-state index in [4.69, 9.17) is 5.11 Å². The number of thiophene rings is 2. The van der Waals surface area contributed by atoms with E-state index in [2.05, 4.69) is 20.7 Å². The highest BCUT2D eigenvalue weighted by Gasteiger charge is 2.18. The van der Waals surface area contributed by atoms with Crippen molar-refractivity contribution in [1.82, 2.24) is 4.72 Å². The summed E-state index contributed by atoms with van der Waals surface area (Å²) in [5.74, 6) is 0.188. The summed E-state index contributed by atoms with van der Waals surface area (Å²) in [6.07, 6.45) is 1.32. The van der Waals surface area contributed by atoms with E-state index in [1.54, 1.807) is 23.5 Å². The fraction of sp³-hybridized carbons (Fsp3) is 0.385. The van der Waals surface area contributed by atoms with Gasteiger partial charge in [0, 0.05) is 18.0 Å². The van der Waals surface area contributed by atoms with Gasteiger partial charge in [0.1, 0.15) is 4.21 Å². The van der Waals surface area contributed by atoms with Crippen LogP contribution in [0.2, 0.25) is 0 Å². The monoisotopic (exact) mass is 409 g/mol. The van der Waals surface area contributed by atoms with E-state index in [1.165, 1.54) is 16.2 Å². The standard InChI is InChI=1S/C13H16BrNO3S3/c14-12-3-4-13(20-12)21(17,18)15-7-5-10(6-8-16)11-2-1-9-19-11/h1-4,9-10,15-16H,5-8H2. The van der Waals surface area contributed by atoms with Gasteiger partial charge < -0.3 is 5.11 Å². The van der Waals surface area contributed by atoms with E-state index in [0.717, 1.165) is 3.79 Å². The lowest BCUT2D eigenvalue weighted by molar-refractivity contribution is 0.273. The third-order valence-electron chi connectivity index (χ3n) is 3.02. The van der Waals surface area contributed by atoms with Crippen molar-refractivity contribution in [2.45, 2.75) is 23.0 Å². The van der Waals surface area contributed by atoms with Gasteiger partial charge in [0.15, 0.2) is 0 Å². The van der Waals surface area contributed by atoms with Crippen LogP contribution in [0.15, 0.2) is 37.6 Å². The summed E-state index contributed by atoms with van der Waals surface area (Å²) in [6.45, 7) is 0.466. The van der Waals surface area contributed by atoms with Crippen molar-refractivity contribution in [1.29, 1.82) is 0 Å². The zero-order valence-electron chi connectivity index (χ0n) is 11.2. The average molecular weight is 410 g/mol. The summed E-state index contributed by atoms with van der Waals surface area (Å²) >= 11 is 6.09. The fourth-order valence-corrected chi connectivity index (χ4v) is 5.99. The Bertz CT molecular complexity index is 652. The van der Waals surface area contributed by atoms with Crippen LogP contribution < -0.4 is 4.72 Å². The van der Waals surface area contributed by atoms with Gasteiger partial charge in [0.25, 0.3) is 0 Å². The number of hydrogen-bond donors (Lipinski definition) is 2. The smallest absolute Gasteiger partial charge is 0.250 e. The van der Waals surface area contributed by atoms with Gasteiger partial charge in [-0.1, -0.05) is 6.07 Å². The molecule has 0 saturated carbocycles. The first-order chi connectivity index (χ1) is 10.0. The van der Waals surface area contributed by atoms with Crippen LogP contribution in [-0.4, -0.2) is 26.7 Å². The minimum Gasteiger partial charge on any atom is -0.396 e. The first-order valence-corrected chi connectivity index (χ1v) is 10.4. The molecule has 0 radical (unpaired) electrons. The van der Waals surface area contributed by atoms with Gasteiger partial charge in [-0.25, -0.2) is 13.1 Å². The van der Waals surface area contributed by atoms with Crippen molar-refractivity contribution in [2.24, 2.45) is 0 Å². The van der Waals surface area contributed by atoms with E-state index in [9.17, 15) is 8.42 Å². The van der Waals surface area contributed by atoms with Gasteiger partial charge >= 0.3 is 0 Å². The molecule has 0 bridgehead atoms. The first-order valence-electron chi connectivity index (χ1n) is 6.42. The Kier molecular flexibility index (Phi) is 6.39. The highest BCUT2D eigenvalue weighted by molar-refractivity contribution is 9.11. The summed E-state index contributed by atoms with van der Waals surface area (Å²) in [6, 6.07) is 7.30. The van der Waals surface area contributed by atoms with Gasteiger partial charge in [0.05, 0.1) is 3.79 Å². The van der Waals surface area contributed by atoms with Crippen molar-refractivity contribution in [3.63, 3.8) is 0 Å². The SMILES string of the molecule is O=S(=O)(NCCC(CCO)c1cccs1)c1ccc(Br)s1. The van der Waals surface area contributed by atoms with E-state index in [1.807, 2.05) is 17.5 Å². The first kappa shape index (κ1) is 17.1. The second-order valence-electron chi connectivity index (χ2n) is 4.47. The zero-order valence-corrected chi connectivity index (χ0v) is 15.2. The molecule has 0 spiro atoms. The molecule has 2 aromatic rings. The van der Waals surface area contributed by atoms with Crippen LogP contribution in [0.25, 0.3) is 0 Å². The number of halogens is 1. The van der Waals surface area contributed by atoms with Gasteiger partial charge in [-0.3, -0.25) is 0 Å². The number of sulfonamides is 1. The van der Waals surface area contributed by atoms with E-state index in [0.29, 0.717) is 23.6 Å². The fourth-order valence-electron chi connectivity index (χ4n) is 1.99. The highest BCUT2D eigenvalue weighted by Crippen LogP contribution is 2.28. The molecule has 0 aliphatic carbocycles. The van der Waals surface area contributed by atoms with Gasteiger partial charge in [-0.05, 0) is 58.3 Å². The van der Waals surface area contributed by atoms with Crippen molar-refractivity contribution >= 4 is 48.6 Å². The lowest BCUT2D eigenvalue weighted by Gasteiger charge is -2.14. The molecule has 2 rings (SSSR count). The number of rotatable bonds is 8. The second-order valence-corrected chi connectivity index (χ2v) is 9.91. The molecule has 1 unspecified atom stereocenters. The molecule has 0 aliphatic heterocycles. The molecule has 1 atom stereocenters. The molecule has 2 aromatic heterocycles. The molecule has 4 nitrogen and oxygen atoms in total. The highest BCUT2D eigenvalue weighted by atomic mass is 79.9. The molecule has 0 aliphatic rings. The molecule has 0 amide bonds. The van der Waals surface area contributed by atoms with Gasteiger partial charge in [-0.15, -0.1) is 22.7 Å². The molecule has 0 aromatic carbocycles. The summed E-state index contributed by atoms with van der Waals surface area (Å²) in [4.78, 5) is 1.18. The van der Waals surface area contributed by atoms with Crippen LogP contribution in [0.3, 0.4) is 0 Å². The van der Waals surface area contributed by atoms with E-state index in [-0.39, 0.29) is 12.5 Å². The number of hydrogen-bond acceptors (Lipinski definition) is 5. The van der Waals surface area contributed by atoms with Crippen molar-refractivity contribution in [3.05, 3.63) is 38.3 Å².